The number of morpholine rings is 1. The fourth-order valence-electron chi connectivity index (χ4n) is 2.29. The Morgan fingerprint density at radius 3 is 2.80 bits per heavy atom. The smallest absolute Gasteiger partial charge is 0.239 e. The van der Waals surface area contributed by atoms with Gasteiger partial charge in [-0.05, 0) is 18.4 Å². The summed E-state index contributed by atoms with van der Waals surface area (Å²) in [6.45, 7) is 6.09. The summed E-state index contributed by atoms with van der Waals surface area (Å²) >= 11 is 0. The molecule has 1 fully saturated rings. The molecule has 0 radical (unpaired) electrons. The molecule has 112 valence electrons. The number of amides is 1. The maximum atomic E-state index is 12.1. The van der Waals surface area contributed by atoms with Crippen LogP contribution in [0.15, 0.2) is 30.3 Å². The second-order valence-corrected chi connectivity index (χ2v) is 5.06. The van der Waals surface area contributed by atoms with E-state index in [9.17, 15) is 4.79 Å². The van der Waals surface area contributed by atoms with E-state index in [1.54, 1.807) is 0 Å². The standard InChI is InChI=1S/C15H22N2O2.ClH/c1-11(13-6-4-3-5-7-13)10-17-15(18)14-12(2)19-9-8-16-14;/h3-7,11-12,14,16H,8-10H2,1-2H3,(H,17,18);1H/t11?,12-,14+;/m1./s1. The normalized spacial score (nSPS) is 23.5. The van der Waals surface area contributed by atoms with Gasteiger partial charge in [-0.15, -0.1) is 12.4 Å². The molecule has 20 heavy (non-hydrogen) atoms. The van der Waals surface area contributed by atoms with Crippen molar-refractivity contribution < 1.29 is 9.53 Å². The van der Waals surface area contributed by atoms with Crippen LogP contribution >= 0.6 is 12.4 Å². The van der Waals surface area contributed by atoms with Crippen LogP contribution in [0, 0.1) is 0 Å². The molecule has 1 aliphatic rings. The number of benzene rings is 1. The van der Waals surface area contributed by atoms with Gasteiger partial charge in [-0.3, -0.25) is 4.79 Å². The summed E-state index contributed by atoms with van der Waals surface area (Å²) in [5, 5.41) is 6.19. The minimum atomic E-state index is -0.239. The Kier molecular flexibility index (Phi) is 6.99. The molecule has 1 amide bonds. The molecule has 1 aromatic rings. The quantitative estimate of drug-likeness (QED) is 0.890. The highest BCUT2D eigenvalue weighted by Gasteiger charge is 2.28. The second kappa shape index (κ2) is 8.25. The van der Waals surface area contributed by atoms with Crippen LogP contribution in [0.5, 0.6) is 0 Å². The lowest BCUT2D eigenvalue weighted by molar-refractivity contribution is -0.128. The minimum Gasteiger partial charge on any atom is -0.375 e. The molecule has 0 saturated carbocycles. The Labute approximate surface area is 126 Å². The van der Waals surface area contributed by atoms with E-state index >= 15 is 0 Å². The van der Waals surface area contributed by atoms with E-state index in [0.29, 0.717) is 19.1 Å². The highest BCUT2D eigenvalue weighted by atomic mass is 35.5. The first-order chi connectivity index (χ1) is 9.18. The van der Waals surface area contributed by atoms with Crippen LogP contribution in [-0.2, 0) is 9.53 Å². The molecule has 2 N–H and O–H groups in total. The molecule has 2 rings (SSSR count). The summed E-state index contributed by atoms with van der Waals surface area (Å²) in [7, 11) is 0. The van der Waals surface area contributed by atoms with Crippen LogP contribution in [0.1, 0.15) is 25.3 Å². The second-order valence-electron chi connectivity index (χ2n) is 5.06. The van der Waals surface area contributed by atoms with E-state index in [0.717, 1.165) is 6.54 Å². The lowest BCUT2D eigenvalue weighted by atomic mass is 10.0. The molecule has 0 aliphatic carbocycles. The van der Waals surface area contributed by atoms with Crippen molar-refractivity contribution in [1.29, 1.82) is 0 Å². The molecular weight excluding hydrogens is 276 g/mol. The highest BCUT2D eigenvalue weighted by Crippen LogP contribution is 2.13. The summed E-state index contributed by atoms with van der Waals surface area (Å²) in [5.74, 6) is 0.333. The minimum absolute atomic E-state index is 0. The summed E-state index contributed by atoms with van der Waals surface area (Å²) < 4.78 is 5.48. The van der Waals surface area contributed by atoms with Crippen LogP contribution in [0.4, 0.5) is 0 Å². The molecular formula is C15H23ClN2O2. The molecule has 1 heterocycles. The van der Waals surface area contributed by atoms with E-state index in [1.165, 1.54) is 5.56 Å². The van der Waals surface area contributed by atoms with Gasteiger partial charge in [0.25, 0.3) is 0 Å². The van der Waals surface area contributed by atoms with Crippen molar-refractivity contribution in [3.05, 3.63) is 35.9 Å². The number of carbonyl (C=O) groups is 1. The summed E-state index contributed by atoms with van der Waals surface area (Å²) in [4.78, 5) is 12.1. The third-order valence-electron chi connectivity index (χ3n) is 3.55. The fourth-order valence-corrected chi connectivity index (χ4v) is 2.29. The average Bonchev–Trinajstić information content (AvgIpc) is 2.46. The predicted octanol–water partition coefficient (Wildman–Crippen LogP) is 1.71. The highest BCUT2D eigenvalue weighted by molar-refractivity contribution is 5.85. The lowest BCUT2D eigenvalue weighted by Crippen LogP contribution is -2.55. The van der Waals surface area contributed by atoms with Gasteiger partial charge in [0.2, 0.25) is 5.91 Å². The summed E-state index contributed by atoms with van der Waals surface area (Å²) in [6, 6.07) is 9.97. The Morgan fingerprint density at radius 2 is 2.15 bits per heavy atom. The monoisotopic (exact) mass is 298 g/mol. The van der Waals surface area contributed by atoms with Gasteiger partial charge in [0.05, 0.1) is 12.7 Å². The van der Waals surface area contributed by atoms with Gasteiger partial charge in [-0.25, -0.2) is 0 Å². The summed E-state index contributed by atoms with van der Waals surface area (Å²) in [6.07, 6.45) is -0.0687. The van der Waals surface area contributed by atoms with Gasteiger partial charge in [-0.2, -0.15) is 0 Å². The SMILES string of the molecule is CC(CNC(=O)[C@H]1NCCO[C@@H]1C)c1ccccc1.Cl. The van der Waals surface area contributed by atoms with Crippen molar-refractivity contribution in [1.82, 2.24) is 10.6 Å². The zero-order valence-corrected chi connectivity index (χ0v) is 12.8. The fraction of sp³-hybridized carbons (Fsp3) is 0.533. The molecule has 1 aliphatic heterocycles. The first-order valence-corrected chi connectivity index (χ1v) is 6.86. The van der Waals surface area contributed by atoms with Gasteiger partial charge in [0.15, 0.2) is 0 Å². The molecule has 0 spiro atoms. The average molecular weight is 299 g/mol. The Balaban J connectivity index is 0.00000200. The van der Waals surface area contributed by atoms with E-state index in [4.69, 9.17) is 4.74 Å². The van der Waals surface area contributed by atoms with Crippen molar-refractivity contribution in [2.24, 2.45) is 0 Å². The number of rotatable bonds is 4. The molecule has 0 aromatic heterocycles. The first-order valence-electron chi connectivity index (χ1n) is 6.86. The molecule has 4 nitrogen and oxygen atoms in total. The molecule has 1 unspecified atom stereocenters. The van der Waals surface area contributed by atoms with Crippen LogP contribution in [0.2, 0.25) is 0 Å². The van der Waals surface area contributed by atoms with Crippen molar-refractivity contribution in [2.75, 3.05) is 19.7 Å². The maximum absolute atomic E-state index is 12.1. The van der Waals surface area contributed by atoms with Crippen molar-refractivity contribution >= 4 is 18.3 Å². The van der Waals surface area contributed by atoms with Crippen LogP contribution in [0.3, 0.4) is 0 Å². The van der Waals surface area contributed by atoms with E-state index in [-0.39, 0.29) is 30.5 Å². The van der Waals surface area contributed by atoms with Crippen LogP contribution in [-0.4, -0.2) is 37.7 Å². The van der Waals surface area contributed by atoms with Gasteiger partial charge < -0.3 is 15.4 Å². The lowest BCUT2D eigenvalue weighted by Gasteiger charge is -2.29. The largest absolute Gasteiger partial charge is 0.375 e. The van der Waals surface area contributed by atoms with Crippen LogP contribution in [0.25, 0.3) is 0 Å². The molecule has 1 aromatic carbocycles. The third-order valence-corrected chi connectivity index (χ3v) is 3.55. The topological polar surface area (TPSA) is 50.4 Å². The zero-order chi connectivity index (χ0) is 13.7. The first kappa shape index (κ1) is 17.0. The molecule has 3 atom stereocenters. The van der Waals surface area contributed by atoms with Crippen molar-refractivity contribution in [2.45, 2.75) is 31.9 Å². The molecule has 5 heteroatoms. The number of ether oxygens (including phenoxy) is 1. The van der Waals surface area contributed by atoms with E-state index < -0.39 is 0 Å². The van der Waals surface area contributed by atoms with Crippen molar-refractivity contribution in [3.63, 3.8) is 0 Å². The summed E-state index contributed by atoms with van der Waals surface area (Å²) in [5.41, 5.74) is 1.24. The number of carbonyl (C=O) groups excluding carboxylic acids is 1. The Morgan fingerprint density at radius 1 is 1.45 bits per heavy atom. The third kappa shape index (κ3) is 4.47. The number of hydrogen-bond acceptors (Lipinski definition) is 3. The van der Waals surface area contributed by atoms with Gasteiger partial charge in [0.1, 0.15) is 6.04 Å². The predicted molar refractivity (Wildman–Crippen MR) is 82.3 cm³/mol. The van der Waals surface area contributed by atoms with Gasteiger partial charge in [0, 0.05) is 13.1 Å². The van der Waals surface area contributed by atoms with Gasteiger partial charge in [-0.1, -0.05) is 37.3 Å². The molecule has 1 saturated heterocycles. The van der Waals surface area contributed by atoms with Crippen LogP contribution < -0.4 is 10.6 Å². The van der Waals surface area contributed by atoms with E-state index in [1.807, 2.05) is 25.1 Å². The number of nitrogens with one attached hydrogen (secondary N) is 2. The maximum Gasteiger partial charge on any atom is 0.239 e. The molecule has 0 bridgehead atoms. The van der Waals surface area contributed by atoms with Crippen molar-refractivity contribution in [3.8, 4) is 0 Å². The number of halogens is 1. The number of hydrogen-bond donors (Lipinski definition) is 2. The Hall–Kier alpha value is -1.10. The van der Waals surface area contributed by atoms with Gasteiger partial charge >= 0.3 is 0 Å². The zero-order valence-electron chi connectivity index (χ0n) is 12.0. The van der Waals surface area contributed by atoms with E-state index in [2.05, 4.69) is 29.7 Å². The Bertz CT molecular complexity index is 414.